The summed E-state index contributed by atoms with van der Waals surface area (Å²) >= 11 is 0. The van der Waals surface area contributed by atoms with E-state index in [0.29, 0.717) is 6.04 Å². The lowest BCUT2D eigenvalue weighted by atomic mass is 9.94. The maximum Gasteiger partial charge on any atom is 0.0606 e. The average molecular weight is 234 g/mol. The first-order valence-corrected chi connectivity index (χ1v) is 6.61. The van der Waals surface area contributed by atoms with Gasteiger partial charge < -0.3 is 10.0 Å². The number of anilines is 1. The first-order chi connectivity index (χ1) is 8.31. The molecule has 1 aromatic rings. The Balaban J connectivity index is 2.15. The lowest BCUT2D eigenvalue weighted by Gasteiger charge is -2.35. The number of pyridine rings is 1. The van der Waals surface area contributed by atoms with Crippen LogP contribution in [0.1, 0.15) is 37.8 Å². The Labute approximate surface area is 103 Å². The first-order valence-electron chi connectivity index (χ1n) is 6.61. The van der Waals surface area contributed by atoms with Gasteiger partial charge in [0.2, 0.25) is 0 Å². The van der Waals surface area contributed by atoms with Crippen molar-refractivity contribution in [2.75, 3.05) is 18.1 Å². The van der Waals surface area contributed by atoms with Crippen molar-refractivity contribution in [2.45, 2.75) is 45.1 Å². The van der Waals surface area contributed by atoms with Crippen LogP contribution >= 0.6 is 0 Å². The molecule has 1 saturated carbocycles. The minimum absolute atomic E-state index is 0.220. The van der Waals surface area contributed by atoms with Crippen LogP contribution in [0.3, 0.4) is 0 Å². The van der Waals surface area contributed by atoms with Gasteiger partial charge in [-0.2, -0.15) is 0 Å². The van der Waals surface area contributed by atoms with Gasteiger partial charge in [0.25, 0.3) is 0 Å². The van der Waals surface area contributed by atoms with Crippen LogP contribution in [-0.4, -0.2) is 29.3 Å². The highest BCUT2D eigenvalue weighted by Crippen LogP contribution is 2.27. The van der Waals surface area contributed by atoms with E-state index in [2.05, 4.69) is 22.0 Å². The Hall–Kier alpha value is -1.09. The zero-order valence-electron chi connectivity index (χ0n) is 10.6. The second-order valence-corrected chi connectivity index (χ2v) is 4.86. The van der Waals surface area contributed by atoms with Gasteiger partial charge in [-0.05, 0) is 31.9 Å². The van der Waals surface area contributed by atoms with Crippen molar-refractivity contribution in [2.24, 2.45) is 0 Å². The molecule has 0 atom stereocenters. The molecule has 0 aromatic carbocycles. The predicted molar refractivity (Wildman–Crippen MR) is 70.3 cm³/mol. The normalized spacial score (nSPS) is 17.1. The summed E-state index contributed by atoms with van der Waals surface area (Å²) < 4.78 is 0. The van der Waals surface area contributed by atoms with Crippen molar-refractivity contribution in [1.29, 1.82) is 0 Å². The van der Waals surface area contributed by atoms with E-state index in [1.165, 1.54) is 37.8 Å². The second-order valence-electron chi connectivity index (χ2n) is 4.86. The topological polar surface area (TPSA) is 36.4 Å². The third-order valence-electron chi connectivity index (χ3n) is 3.57. The van der Waals surface area contributed by atoms with Gasteiger partial charge in [-0.3, -0.25) is 4.98 Å². The lowest BCUT2D eigenvalue weighted by Crippen LogP contribution is -2.38. The van der Waals surface area contributed by atoms with Gasteiger partial charge >= 0.3 is 0 Å². The smallest absolute Gasteiger partial charge is 0.0606 e. The van der Waals surface area contributed by atoms with E-state index in [9.17, 15) is 5.11 Å². The van der Waals surface area contributed by atoms with Crippen molar-refractivity contribution < 1.29 is 5.11 Å². The molecule has 0 amide bonds. The van der Waals surface area contributed by atoms with Crippen molar-refractivity contribution in [3.8, 4) is 0 Å². The third kappa shape index (κ3) is 3.19. The highest BCUT2D eigenvalue weighted by Gasteiger charge is 2.21. The third-order valence-corrected chi connectivity index (χ3v) is 3.57. The molecule has 1 N–H and O–H groups in total. The molecule has 0 saturated heterocycles. The monoisotopic (exact) mass is 234 g/mol. The van der Waals surface area contributed by atoms with Crippen molar-refractivity contribution >= 4 is 5.69 Å². The molecule has 1 aromatic heterocycles. The molecular weight excluding hydrogens is 212 g/mol. The Bertz CT molecular complexity index is 348. The summed E-state index contributed by atoms with van der Waals surface area (Å²) in [6.07, 6.45) is 8.35. The fourth-order valence-electron chi connectivity index (χ4n) is 2.73. The number of rotatable bonds is 4. The molecule has 0 unspecified atom stereocenters. The van der Waals surface area contributed by atoms with Gasteiger partial charge in [-0.1, -0.05) is 19.3 Å². The molecule has 1 aliphatic rings. The second kappa shape index (κ2) is 6.01. The van der Waals surface area contributed by atoms with Crippen LogP contribution in [0.4, 0.5) is 5.69 Å². The average Bonchev–Trinajstić information content (AvgIpc) is 2.37. The number of aliphatic hydroxyl groups excluding tert-OH is 1. The molecule has 1 heterocycles. The fourth-order valence-corrected chi connectivity index (χ4v) is 2.73. The molecule has 3 heteroatoms. The number of aryl methyl sites for hydroxylation is 1. The van der Waals surface area contributed by atoms with E-state index in [1.54, 1.807) is 0 Å². The lowest BCUT2D eigenvalue weighted by molar-refractivity contribution is 0.290. The Morgan fingerprint density at radius 2 is 2.12 bits per heavy atom. The van der Waals surface area contributed by atoms with E-state index in [0.717, 1.165) is 12.2 Å². The van der Waals surface area contributed by atoms with Crippen LogP contribution in [-0.2, 0) is 0 Å². The maximum atomic E-state index is 9.24. The minimum atomic E-state index is 0.220. The molecule has 0 radical (unpaired) electrons. The molecule has 1 fully saturated rings. The molecular formula is C14H22N2O. The van der Waals surface area contributed by atoms with E-state index >= 15 is 0 Å². The van der Waals surface area contributed by atoms with E-state index in [-0.39, 0.29) is 6.61 Å². The maximum absolute atomic E-state index is 9.24. The number of aromatic nitrogens is 1. The van der Waals surface area contributed by atoms with E-state index < -0.39 is 0 Å². The molecule has 0 aliphatic heterocycles. The molecule has 0 bridgehead atoms. The summed E-state index contributed by atoms with van der Waals surface area (Å²) in [7, 11) is 0. The van der Waals surface area contributed by atoms with Crippen LogP contribution < -0.4 is 4.90 Å². The van der Waals surface area contributed by atoms with Crippen molar-refractivity contribution in [3.63, 3.8) is 0 Å². The van der Waals surface area contributed by atoms with Gasteiger partial charge in [0, 0.05) is 30.2 Å². The number of nitrogens with zero attached hydrogens (tertiary/aromatic N) is 2. The molecule has 3 nitrogen and oxygen atoms in total. The van der Waals surface area contributed by atoms with Gasteiger partial charge in [-0.15, -0.1) is 0 Å². The Morgan fingerprint density at radius 1 is 1.35 bits per heavy atom. The van der Waals surface area contributed by atoms with E-state index in [4.69, 9.17) is 0 Å². The number of hydrogen-bond acceptors (Lipinski definition) is 3. The summed E-state index contributed by atoms with van der Waals surface area (Å²) in [5, 5.41) is 9.24. The number of hydrogen-bond donors (Lipinski definition) is 1. The van der Waals surface area contributed by atoms with Gasteiger partial charge in [0.15, 0.2) is 0 Å². The summed E-state index contributed by atoms with van der Waals surface area (Å²) in [5.41, 5.74) is 2.25. The fraction of sp³-hybridized carbons (Fsp3) is 0.643. The van der Waals surface area contributed by atoms with Crippen LogP contribution in [0, 0.1) is 6.92 Å². The molecule has 1 aliphatic carbocycles. The molecule has 0 spiro atoms. The highest BCUT2D eigenvalue weighted by atomic mass is 16.3. The molecule has 2 rings (SSSR count). The van der Waals surface area contributed by atoms with Crippen LogP contribution in [0.15, 0.2) is 18.3 Å². The van der Waals surface area contributed by atoms with Crippen LogP contribution in [0.5, 0.6) is 0 Å². The van der Waals surface area contributed by atoms with Crippen molar-refractivity contribution in [3.05, 3.63) is 24.0 Å². The Kier molecular flexibility index (Phi) is 4.37. The van der Waals surface area contributed by atoms with Crippen molar-refractivity contribution in [1.82, 2.24) is 4.98 Å². The van der Waals surface area contributed by atoms with Gasteiger partial charge in [0.05, 0.1) is 6.61 Å². The first kappa shape index (κ1) is 12.4. The van der Waals surface area contributed by atoms with Crippen LogP contribution in [0.2, 0.25) is 0 Å². The molecule has 17 heavy (non-hydrogen) atoms. The summed E-state index contributed by atoms with van der Waals surface area (Å²) in [6.45, 7) is 2.97. The SMILES string of the molecule is Cc1cc(N(CCO)C2CCCCC2)ccn1. The quantitative estimate of drug-likeness (QED) is 0.869. The number of aliphatic hydroxyl groups is 1. The largest absolute Gasteiger partial charge is 0.395 e. The highest BCUT2D eigenvalue weighted by molar-refractivity contribution is 5.47. The van der Waals surface area contributed by atoms with E-state index in [1.807, 2.05) is 13.1 Å². The minimum Gasteiger partial charge on any atom is -0.395 e. The molecule has 94 valence electrons. The predicted octanol–water partition coefficient (Wildman–Crippen LogP) is 2.52. The summed E-state index contributed by atoms with van der Waals surface area (Å²) in [4.78, 5) is 6.59. The van der Waals surface area contributed by atoms with Gasteiger partial charge in [0.1, 0.15) is 0 Å². The van der Waals surface area contributed by atoms with Crippen LogP contribution in [0.25, 0.3) is 0 Å². The summed E-state index contributed by atoms with van der Waals surface area (Å²) in [5.74, 6) is 0. The zero-order valence-corrected chi connectivity index (χ0v) is 10.6. The zero-order chi connectivity index (χ0) is 12.1. The van der Waals surface area contributed by atoms with Gasteiger partial charge in [-0.25, -0.2) is 0 Å². The Morgan fingerprint density at radius 3 is 2.76 bits per heavy atom. The summed E-state index contributed by atoms with van der Waals surface area (Å²) in [6, 6.07) is 4.76. The standard InChI is InChI=1S/C14H22N2O/c1-12-11-14(7-8-15-12)16(9-10-17)13-5-3-2-4-6-13/h7-8,11,13,17H,2-6,9-10H2,1H3.